The van der Waals surface area contributed by atoms with E-state index in [4.69, 9.17) is 0 Å². The van der Waals surface area contributed by atoms with Gasteiger partial charge in [0.1, 0.15) is 0 Å². The number of aryl methyl sites for hydroxylation is 1. The van der Waals surface area contributed by atoms with Gasteiger partial charge in [-0.25, -0.2) is 0 Å². The summed E-state index contributed by atoms with van der Waals surface area (Å²) in [5.74, 6) is 0. The molecule has 1 aromatic carbocycles. The van der Waals surface area contributed by atoms with E-state index in [1.165, 1.54) is 11.1 Å². The Labute approximate surface area is 72.4 Å². The molecule has 1 nitrogen and oxygen atoms in total. The second-order valence-corrected chi connectivity index (χ2v) is 3.31. The highest BCUT2D eigenvalue weighted by Crippen LogP contribution is 2.31. The summed E-state index contributed by atoms with van der Waals surface area (Å²) in [6.45, 7) is 4.13. The Morgan fingerprint density at radius 1 is 1.25 bits per heavy atom. The van der Waals surface area contributed by atoms with E-state index in [-0.39, 0.29) is 6.10 Å². The van der Waals surface area contributed by atoms with Crippen molar-refractivity contribution in [2.24, 2.45) is 0 Å². The van der Waals surface area contributed by atoms with Gasteiger partial charge < -0.3 is 5.11 Å². The van der Waals surface area contributed by atoms with Crippen LogP contribution in [0, 0.1) is 13.8 Å². The normalized spacial score (nSPS) is 19.8. The van der Waals surface area contributed by atoms with Crippen LogP contribution in [-0.4, -0.2) is 5.11 Å². The molecule has 1 aromatic rings. The van der Waals surface area contributed by atoms with Gasteiger partial charge in [0, 0.05) is 0 Å². The van der Waals surface area contributed by atoms with Crippen LogP contribution >= 0.6 is 0 Å². The van der Waals surface area contributed by atoms with Crippen molar-refractivity contribution in [3.63, 3.8) is 0 Å². The Bertz CT molecular complexity index is 350. The van der Waals surface area contributed by atoms with Gasteiger partial charge in [-0.15, -0.1) is 0 Å². The number of hydrogen-bond acceptors (Lipinski definition) is 1. The summed E-state index contributed by atoms with van der Waals surface area (Å²) in [6, 6.07) is 4.15. The molecule has 1 N–H and O–H groups in total. The lowest BCUT2D eigenvalue weighted by atomic mass is 9.98. The minimum absolute atomic E-state index is 0.389. The minimum Gasteiger partial charge on any atom is -0.384 e. The highest BCUT2D eigenvalue weighted by Gasteiger charge is 2.17. The fourth-order valence-electron chi connectivity index (χ4n) is 1.69. The molecule has 1 unspecified atom stereocenters. The van der Waals surface area contributed by atoms with Crippen LogP contribution < -0.4 is 0 Å². The smallest absolute Gasteiger partial charge is 0.0983 e. The van der Waals surface area contributed by atoms with Crippen molar-refractivity contribution in [2.45, 2.75) is 20.0 Å². The monoisotopic (exact) mass is 160 g/mol. The van der Waals surface area contributed by atoms with Crippen LogP contribution in [0.5, 0.6) is 0 Å². The highest BCUT2D eigenvalue weighted by molar-refractivity contribution is 5.64. The van der Waals surface area contributed by atoms with Gasteiger partial charge in [-0.2, -0.15) is 0 Å². The summed E-state index contributed by atoms with van der Waals surface area (Å²) in [5, 5.41) is 9.60. The molecule has 0 heterocycles. The standard InChI is InChI=1S/C11H12O/c1-7-3-4-9-5-6-10(12)11(9)8(7)2/h3-6,10,12H,1-2H3. The molecule has 1 heteroatoms. The fraction of sp³-hybridized carbons (Fsp3) is 0.273. The van der Waals surface area contributed by atoms with Crippen molar-refractivity contribution in [1.82, 2.24) is 0 Å². The van der Waals surface area contributed by atoms with Crippen molar-refractivity contribution in [2.75, 3.05) is 0 Å². The summed E-state index contributed by atoms with van der Waals surface area (Å²) in [6.07, 6.45) is 3.42. The highest BCUT2D eigenvalue weighted by atomic mass is 16.3. The summed E-state index contributed by atoms with van der Waals surface area (Å²) in [5.41, 5.74) is 4.70. The molecule has 0 fully saturated rings. The maximum absolute atomic E-state index is 9.60. The van der Waals surface area contributed by atoms with E-state index >= 15 is 0 Å². The molecule has 0 aliphatic heterocycles. The average molecular weight is 160 g/mol. The first-order chi connectivity index (χ1) is 5.70. The van der Waals surface area contributed by atoms with E-state index < -0.39 is 0 Å². The Morgan fingerprint density at radius 2 is 2.00 bits per heavy atom. The lowest BCUT2D eigenvalue weighted by Crippen LogP contribution is -1.96. The maximum Gasteiger partial charge on any atom is 0.0983 e. The molecule has 0 saturated carbocycles. The number of hydrogen-bond donors (Lipinski definition) is 1. The van der Waals surface area contributed by atoms with Gasteiger partial charge >= 0.3 is 0 Å². The Balaban J connectivity index is 2.68. The fourth-order valence-corrected chi connectivity index (χ4v) is 1.69. The summed E-state index contributed by atoms with van der Waals surface area (Å²) < 4.78 is 0. The van der Waals surface area contributed by atoms with Crippen molar-refractivity contribution in [1.29, 1.82) is 0 Å². The lowest BCUT2D eigenvalue weighted by Gasteiger charge is -2.10. The van der Waals surface area contributed by atoms with Crippen LogP contribution in [0.2, 0.25) is 0 Å². The number of fused-ring (bicyclic) bond motifs is 1. The van der Waals surface area contributed by atoms with Gasteiger partial charge in [-0.1, -0.05) is 24.3 Å². The maximum atomic E-state index is 9.60. The summed E-state index contributed by atoms with van der Waals surface area (Å²) in [7, 11) is 0. The molecule has 0 saturated heterocycles. The number of rotatable bonds is 0. The van der Waals surface area contributed by atoms with Crippen LogP contribution in [0.1, 0.15) is 28.4 Å². The third-order valence-corrected chi connectivity index (χ3v) is 2.57. The Hall–Kier alpha value is -1.08. The molecule has 1 aliphatic carbocycles. The molecule has 0 bridgehead atoms. The van der Waals surface area contributed by atoms with Crippen LogP contribution in [0.15, 0.2) is 18.2 Å². The van der Waals surface area contributed by atoms with Crippen LogP contribution in [0.25, 0.3) is 6.08 Å². The molecule has 1 atom stereocenters. The van der Waals surface area contributed by atoms with E-state index in [1.807, 2.05) is 12.2 Å². The molecule has 12 heavy (non-hydrogen) atoms. The SMILES string of the molecule is Cc1ccc2c(c1C)C(O)C=C2. The van der Waals surface area contributed by atoms with Gasteiger partial charge in [-0.3, -0.25) is 0 Å². The van der Waals surface area contributed by atoms with Crippen molar-refractivity contribution in [3.8, 4) is 0 Å². The first-order valence-electron chi connectivity index (χ1n) is 4.16. The van der Waals surface area contributed by atoms with E-state index in [9.17, 15) is 5.11 Å². The largest absolute Gasteiger partial charge is 0.384 e. The second-order valence-electron chi connectivity index (χ2n) is 3.31. The van der Waals surface area contributed by atoms with Gasteiger partial charge in [0.05, 0.1) is 6.10 Å². The zero-order valence-corrected chi connectivity index (χ0v) is 7.33. The van der Waals surface area contributed by atoms with E-state index in [1.54, 1.807) is 0 Å². The molecule has 1 aliphatic rings. The van der Waals surface area contributed by atoms with Crippen LogP contribution in [-0.2, 0) is 0 Å². The number of aliphatic hydroxyl groups excluding tert-OH is 1. The molecular formula is C11H12O. The third-order valence-electron chi connectivity index (χ3n) is 2.57. The van der Waals surface area contributed by atoms with Crippen LogP contribution in [0.3, 0.4) is 0 Å². The van der Waals surface area contributed by atoms with E-state index in [2.05, 4.69) is 26.0 Å². The van der Waals surface area contributed by atoms with Crippen LogP contribution in [0.4, 0.5) is 0 Å². The number of benzene rings is 1. The Morgan fingerprint density at radius 3 is 2.75 bits per heavy atom. The first kappa shape index (κ1) is 7.56. The van der Waals surface area contributed by atoms with Gasteiger partial charge in [-0.05, 0) is 36.1 Å². The molecule has 0 radical (unpaired) electrons. The predicted molar refractivity (Wildman–Crippen MR) is 49.9 cm³/mol. The first-order valence-corrected chi connectivity index (χ1v) is 4.16. The molecule has 0 aromatic heterocycles. The van der Waals surface area contributed by atoms with E-state index in [0.29, 0.717) is 0 Å². The van der Waals surface area contributed by atoms with Crippen molar-refractivity contribution in [3.05, 3.63) is 40.5 Å². The topological polar surface area (TPSA) is 20.2 Å². The van der Waals surface area contributed by atoms with E-state index in [0.717, 1.165) is 11.1 Å². The zero-order valence-electron chi connectivity index (χ0n) is 7.33. The quantitative estimate of drug-likeness (QED) is 0.617. The zero-order chi connectivity index (χ0) is 8.72. The van der Waals surface area contributed by atoms with Crippen molar-refractivity contribution < 1.29 is 5.11 Å². The lowest BCUT2D eigenvalue weighted by molar-refractivity contribution is 0.231. The third kappa shape index (κ3) is 0.901. The number of aliphatic hydroxyl groups is 1. The Kier molecular flexibility index (Phi) is 1.55. The summed E-state index contributed by atoms with van der Waals surface area (Å²) >= 11 is 0. The van der Waals surface area contributed by atoms with Gasteiger partial charge in [0.2, 0.25) is 0 Å². The second kappa shape index (κ2) is 2.46. The molecular weight excluding hydrogens is 148 g/mol. The predicted octanol–water partition coefficient (Wildman–Crippen LogP) is 2.36. The average Bonchev–Trinajstić information content (AvgIpc) is 2.41. The molecule has 0 amide bonds. The molecule has 2 rings (SSSR count). The van der Waals surface area contributed by atoms with Gasteiger partial charge in [0.15, 0.2) is 0 Å². The molecule has 62 valence electrons. The summed E-state index contributed by atoms with van der Waals surface area (Å²) in [4.78, 5) is 0. The molecule has 0 spiro atoms. The minimum atomic E-state index is -0.389. The van der Waals surface area contributed by atoms with Crippen molar-refractivity contribution >= 4 is 6.08 Å². The van der Waals surface area contributed by atoms with Gasteiger partial charge in [0.25, 0.3) is 0 Å².